The second-order valence-corrected chi connectivity index (χ2v) is 9.87. The predicted molar refractivity (Wildman–Crippen MR) is 147 cm³/mol. The fourth-order valence-corrected chi connectivity index (χ4v) is 5.52. The molecule has 0 aliphatic heterocycles. The normalized spacial score (nSPS) is 10.8. The van der Waals surface area contributed by atoms with Gasteiger partial charge in [0.05, 0.1) is 17.4 Å². The molecule has 0 radical (unpaired) electrons. The molecule has 2 aromatic heterocycles. The van der Waals surface area contributed by atoms with E-state index >= 15 is 0 Å². The number of amides is 1. The smallest absolute Gasteiger partial charge is 0.341 e. The van der Waals surface area contributed by atoms with Gasteiger partial charge >= 0.3 is 5.97 Å². The van der Waals surface area contributed by atoms with Gasteiger partial charge in [-0.15, -0.1) is 21.5 Å². The molecule has 11 heteroatoms. The lowest BCUT2D eigenvalue weighted by Crippen LogP contribution is -2.17. The molecule has 8 nitrogen and oxygen atoms in total. The number of rotatable bonds is 11. The molecule has 4 rings (SSSR count). The minimum atomic E-state index is -0.473. The van der Waals surface area contributed by atoms with E-state index < -0.39 is 5.97 Å². The van der Waals surface area contributed by atoms with Gasteiger partial charge in [0, 0.05) is 17.5 Å². The third-order valence-electron chi connectivity index (χ3n) is 5.24. The highest BCUT2D eigenvalue weighted by Crippen LogP contribution is 2.36. The standard InChI is InChI=1S/C26H25ClN4O4S2/c1-3-31-21(14-35-20-13-9-8-12-19(20)27)29-30-26(31)37-16-22(32)28-24-23(25(33)34-4-2)18(15-36-24)17-10-6-5-7-11-17/h5-13,15H,3-4,14,16H2,1-2H3,(H,28,32). The molecule has 0 atom stereocenters. The number of para-hydroxylation sites is 1. The fraction of sp³-hybridized carbons (Fsp3) is 0.231. The molecule has 0 aliphatic rings. The van der Waals surface area contributed by atoms with Crippen molar-refractivity contribution in [3.63, 3.8) is 0 Å². The van der Waals surface area contributed by atoms with Crippen LogP contribution in [0.15, 0.2) is 65.1 Å². The Morgan fingerprint density at radius 1 is 1.08 bits per heavy atom. The van der Waals surface area contributed by atoms with Crippen molar-refractivity contribution in [2.24, 2.45) is 0 Å². The quantitative estimate of drug-likeness (QED) is 0.174. The molecule has 2 aromatic carbocycles. The monoisotopic (exact) mass is 556 g/mol. The summed E-state index contributed by atoms with van der Waals surface area (Å²) in [5, 5.41) is 14.7. The van der Waals surface area contributed by atoms with E-state index in [0.29, 0.717) is 38.9 Å². The average Bonchev–Trinajstić information content (AvgIpc) is 3.51. The highest BCUT2D eigenvalue weighted by molar-refractivity contribution is 7.99. The summed E-state index contributed by atoms with van der Waals surface area (Å²) in [7, 11) is 0. The molecule has 0 bridgehead atoms. The van der Waals surface area contributed by atoms with E-state index in [-0.39, 0.29) is 24.9 Å². The molecule has 1 amide bonds. The second-order valence-electron chi connectivity index (χ2n) is 7.64. The highest BCUT2D eigenvalue weighted by Gasteiger charge is 2.23. The molecule has 0 saturated carbocycles. The van der Waals surface area contributed by atoms with Gasteiger partial charge in [-0.25, -0.2) is 4.79 Å². The van der Waals surface area contributed by atoms with Crippen LogP contribution in [0.5, 0.6) is 5.75 Å². The number of benzene rings is 2. The van der Waals surface area contributed by atoms with Crippen molar-refractivity contribution in [1.82, 2.24) is 14.8 Å². The zero-order chi connectivity index (χ0) is 26.2. The first kappa shape index (κ1) is 26.7. The van der Waals surface area contributed by atoms with Gasteiger partial charge in [-0.3, -0.25) is 4.79 Å². The zero-order valence-electron chi connectivity index (χ0n) is 20.3. The number of halogens is 1. The molecule has 2 heterocycles. The van der Waals surface area contributed by atoms with Crippen molar-refractivity contribution in [3.05, 3.63) is 76.4 Å². The van der Waals surface area contributed by atoms with Crippen molar-refractivity contribution >= 4 is 51.6 Å². The van der Waals surface area contributed by atoms with Crippen molar-refractivity contribution < 1.29 is 19.1 Å². The average molecular weight is 557 g/mol. The number of aromatic nitrogens is 3. The van der Waals surface area contributed by atoms with Gasteiger partial charge in [0.1, 0.15) is 22.9 Å². The van der Waals surface area contributed by atoms with Crippen molar-refractivity contribution in [3.8, 4) is 16.9 Å². The van der Waals surface area contributed by atoms with Crippen molar-refractivity contribution in [1.29, 1.82) is 0 Å². The maximum absolute atomic E-state index is 12.8. The number of hydrogen-bond donors (Lipinski definition) is 1. The number of thiophene rings is 1. The van der Waals surface area contributed by atoms with E-state index in [1.54, 1.807) is 19.1 Å². The summed E-state index contributed by atoms with van der Waals surface area (Å²) in [5.74, 6) is 0.535. The van der Waals surface area contributed by atoms with E-state index in [1.165, 1.54) is 23.1 Å². The lowest BCUT2D eigenvalue weighted by atomic mass is 10.0. The third-order valence-corrected chi connectivity index (χ3v) is 7.42. The Labute approximate surface area is 228 Å². The van der Waals surface area contributed by atoms with Crippen molar-refractivity contribution in [2.75, 3.05) is 17.7 Å². The number of nitrogens with one attached hydrogen (secondary N) is 1. The van der Waals surface area contributed by atoms with Gasteiger partial charge < -0.3 is 19.4 Å². The van der Waals surface area contributed by atoms with Gasteiger partial charge in [-0.2, -0.15) is 0 Å². The number of ether oxygens (including phenoxy) is 2. The Hall–Kier alpha value is -3.34. The number of esters is 1. The Bertz CT molecular complexity index is 1370. The van der Waals surface area contributed by atoms with Crippen LogP contribution < -0.4 is 10.1 Å². The van der Waals surface area contributed by atoms with E-state index in [1.807, 2.05) is 59.3 Å². The summed E-state index contributed by atoms with van der Waals surface area (Å²) in [4.78, 5) is 25.6. The van der Waals surface area contributed by atoms with Crippen LogP contribution in [-0.2, 0) is 22.7 Å². The number of nitrogens with zero attached hydrogens (tertiary/aromatic N) is 3. The van der Waals surface area contributed by atoms with E-state index in [0.717, 1.165) is 11.1 Å². The number of thioether (sulfide) groups is 1. The summed E-state index contributed by atoms with van der Waals surface area (Å²) in [5.41, 5.74) is 1.95. The molecule has 0 fully saturated rings. The maximum atomic E-state index is 12.8. The van der Waals surface area contributed by atoms with Crippen LogP contribution >= 0.6 is 34.7 Å². The lowest BCUT2D eigenvalue weighted by molar-refractivity contribution is -0.113. The van der Waals surface area contributed by atoms with Crippen LogP contribution in [0, 0.1) is 0 Å². The third kappa shape index (κ3) is 6.51. The largest absolute Gasteiger partial charge is 0.484 e. The summed E-state index contributed by atoms with van der Waals surface area (Å²) < 4.78 is 12.9. The molecule has 192 valence electrons. The van der Waals surface area contributed by atoms with Gasteiger partial charge in [0.2, 0.25) is 5.91 Å². The van der Waals surface area contributed by atoms with Crippen molar-refractivity contribution in [2.45, 2.75) is 32.2 Å². The maximum Gasteiger partial charge on any atom is 0.341 e. The number of carbonyl (C=O) groups excluding carboxylic acids is 2. The topological polar surface area (TPSA) is 95.3 Å². The van der Waals surface area contributed by atoms with E-state index in [2.05, 4.69) is 15.5 Å². The van der Waals surface area contributed by atoms with Crippen LogP contribution in [0.4, 0.5) is 5.00 Å². The Morgan fingerprint density at radius 2 is 1.84 bits per heavy atom. The summed E-state index contributed by atoms with van der Waals surface area (Å²) in [6.07, 6.45) is 0. The number of carbonyl (C=O) groups is 2. The van der Waals surface area contributed by atoms with Gasteiger partial charge in [-0.05, 0) is 31.5 Å². The number of anilines is 1. The minimum absolute atomic E-state index is 0.0876. The summed E-state index contributed by atoms with van der Waals surface area (Å²) >= 11 is 8.71. The van der Waals surface area contributed by atoms with Gasteiger partial charge in [0.15, 0.2) is 11.0 Å². The van der Waals surface area contributed by atoms with Crippen LogP contribution in [0.3, 0.4) is 0 Å². The van der Waals surface area contributed by atoms with E-state index in [4.69, 9.17) is 21.1 Å². The summed E-state index contributed by atoms with van der Waals surface area (Å²) in [6, 6.07) is 16.7. The highest BCUT2D eigenvalue weighted by atomic mass is 35.5. The van der Waals surface area contributed by atoms with E-state index in [9.17, 15) is 9.59 Å². The van der Waals surface area contributed by atoms with Crippen LogP contribution in [0.1, 0.15) is 30.0 Å². The first-order valence-corrected chi connectivity index (χ1v) is 13.8. The molecule has 0 unspecified atom stereocenters. The molecule has 37 heavy (non-hydrogen) atoms. The van der Waals surface area contributed by atoms with Crippen LogP contribution in [-0.4, -0.2) is 39.0 Å². The predicted octanol–water partition coefficient (Wildman–Crippen LogP) is 6.17. The first-order valence-electron chi connectivity index (χ1n) is 11.6. The lowest BCUT2D eigenvalue weighted by Gasteiger charge is -2.10. The number of hydrogen-bond acceptors (Lipinski definition) is 8. The molecule has 4 aromatic rings. The van der Waals surface area contributed by atoms with Gasteiger partial charge in [0.25, 0.3) is 0 Å². The Morgan fingerprint density at radius 3 is 2.57 bits per heavy atom. The molecular weight excluding hydrogens is 532 g/mol. The molecule has 1 N–H and O–H groups in total. The second kappa shape index (κ2) is 12.8. The SMILES string of the molecule is CCOC(=O)c1c(-c2ccccc2)csc1NC(=O)CSc1nnc(COc2ccccc2Cl)n1CC. The van der Waals surface area contributed by atoms with Gasteiger partial charge in [-0.1, -0.05) is 65.8 Å². The Balaban J connectivity index is 1.43. The molecular formula is C26H25ClN4O4S2. The molecule has 0 spiro atoms. The first-order chi connectivity index (χ1) is 18.0. The summed E-state index contributed by atoms with van der Waals surface area (Å²) in [6.45, 7) is 4.75. The fourth-order valence-electron chi connectivity index (χ4n) is 3.53. The zero-order valence-corrected chi connectivity index (χ0v) is 22.7. The van der Waals surface area contributed by atoms with Crippen LogP contribution in [0.25, 0.3) is 11.1 Å². The molecule has 0 saturated heterocycles. The molecule has 0 aliphatic carbocycles. The minimum Gasteiger partial charge on any atom is -0.484 e. The Kier molecular flexibility index (Phi) is 9.21. The van der Waals surface area contributed by atoms with Crippen LogP contribution in [0.2, 0.25) is 5.02 Å².